The average molecular weight is 304 g/mol. The number of hydrogen-bond donors (Lipinski definition) is 0. The third kappa shape index (κ3) is 3.38. The molecule has 6 nitrogen and oxygen atoms in total. The van der Waals surface area contributed by atoms with Gasteiger partial charge >= 0.3 is 0 Å². The summed E-state index contributed by atoms with van der Waals surface area (Å²) in [6.07, 6.45) is 6.72. The molecule has 3 rings (SSSR count). The zero-order chi connectivity index (χ0) is 15.5. The molecule has 1 aliphatic carbocycles. The quantitative estimate of drug-likeness (QED) is 0.634. The summed E-state index contributed by atoms with van der Waals surface area (Å²) < 4.78 is 0. The van der Waals surface area contributed by atoms with Crippen LogP contribution in [0.5, 0.6) is 0 Å². The smallest absolute Gasteiger partial charge is 0.287 e. The van der Waals surface area contributed by atoms with Gasteiger partial charge in [0.15, 0.2) is 0 Å². The molecule has 0 amide bonds. The maximum absolute atomic E-state index is 10.7. The maximum atomic E-state index is 10.7. The van der Waals surface area contributed by atoms with Crippen molar-refractivity contribution in [1.29, 1.82) is 0 Å². The minimum absolute atomic E-state index is 0.0544. The van der Waals surface area contributed by atoms with Gasteiger partial charge in [0.25, 0.3) is 5.69 Å². The summed E-state index contributed by atoms with van der Waals surface area (Å²) in [5.74, 6) is 1.74. The zero-order valence-corrected chi connectivity index (χ0v) is 13.1. The van der Waals surface area contributed by atoms with Gasteiger partial charge in [-0.05, 0) is 37.7 Å². The Bertz CT molecular complexity index is 503. The van der Waals surface area contributed by atoms with Gasteiger partial charge in [-0.25, -0.2) is 4.98 Å². The molecule has 0 N–H and O–H groups in total. The normalized spacial score (nSPS) is 26.9. The van der Waals surface area contributed by atoms with E-state index in [4.69, 9.17) is 0 Å². The first-order valence-corrected chi connectivity index (χ1v) is 8.23. The van der Waals surface area contributed by atoms with Crippen LogP contribution < -0.4 is 4.90 Å². The highest BCUT2D eigenvalue weighted by molar-refractivity contribution is 5.43. The van der Waals surface area contributed by atoms with E-state index in [0.717, 1.165) is 44.0 Å². The van der Waals surface area contributed by atoms with Crippen LogP contribution in [-0.2, 0) is 0 Å². The van der Waals surface area contributed by atoms with E-state index >= 15 is 0 Å². The standard InChI is InChI=1S/C16H24N4O2/c1-13-2-4-14(5-3-13)18-8-10-19(11-9-18)16-7-6-15(12-17-16)20(21)22/h6-7,12-14H,2-5,8-11H2,1H3. The van der Waals surface area contributed by atoms with Crippen LogP contribution in [0.25, 0.3) is 0 Å². The second-order valence-corrected chi connectivity index (χ2v) is 6.57. The van der Waals surface area contributed by atoms with Gasteiger partial charge in [-0.2, -0.15) is 0 Å². The number of aromatic nitrogens is 1. The van der Waals surface area contributed by atoms with Crippen LogP contribution in [0.15, 0.2) is 18.3 Å². The van der Waals surface area contributed by atoms with Crippen molar-refractivity contribution in [2.24, 2.45) is 5.92 Å². The molecule has 6 heteroatoms. The van der Waals surface area contributed by atoms with Crippen molar-refractivity contribution in [3.05, 3.63) is 28.4 Å². The Balaban J connectivity index is 1.54. The first-order chi connectivity index (χ1) is 10.6. The van der Waals surface area contributed by atoms with Crippen molar-refractivity contribution in [1.82, 2.24) is 9.88 Å². The van der Waals surface area contributed by atoms with Gasteiger partial charge < -0.3 is 4.90 Å². The largest absolute Gasteiger partial charge is 0.354 e. The molecule has 2 aliphatic rings. The van der Waals surface area contributed by atoms with Crippen LogP contribution in [0.3, 0.4) is 0 Å². The summed E-state index contributed by atoms with van der Waals surface area (Å²) in [6, 6.07) is 4.05. The lowest BCUT2D eigenvalue weighted by molar-refractivity contribution is -0.385. The van der Waals surface area contributed by atoms with Crippen molar-refractivity contribution in [2.45, 2.75) is 38.6 Å². The van der Waals surface area contributed by atoms with Crippen LogP contribution in [0.1, 0.15) is 32.6 Å². The summed E-state index contributed by atoms with van der Waals surface area (Å²) in [6.45, 7) is 6.40. The second kappa shape index (κ2) is 6.60. The Hall–Kier alpha value is -1.69. The predicted octanol–water partition coefficient (Wildman–Crippen LogP) is 2.69. The van der Waals surface area contributed by atoms with Gasteiger partial charge in [-0.3, -0.25) is 15.0 Å². The number of piperazine rings is 1. The monoisotopic (exact) mass is 304 g/mol. The highest BCUT2D eigenvalue weighted by Gasteiger charge is 2.27. The fourth-order valence-electron chi connectivity index (χ4n) is 3.60. The minimum atomic E-state index is -0.404. The van der Waals surface area contributed by atoms with Crippen LogP contribution in [0, 0.1) is 16.0 Å². The number of pyridine rings is 1. The van der Waals surface area contributed by atoms with Crippen molar-refractivity contribution in [2.75, 3.05) is 31.1 Å². The van der Waals surface area contributed by atoms with Gasteiger partial charge in [0, 0.05) is 38.3 Å². The summed E-state index contributed by atoms with van der Waals surface area (Å²) in [7, 11) is 0. The van der Waals surface area contributed by atoms with Crippen LogP contribution in [0.4, 0.5) is 11.5 Å². The Kier molecular flexibility index (Phi) is 4.57. The molecular weight excluding hydrogens is 280 g/mol. The van der Waals surface area contributed by atoms with Crippen molar-refractivity contribution < 1.29 is 4.92 Å². The maximum Gasteiger partial charge on any atom is 0.287 e. The Morgan fingerprint density at radius 3 is 2.36 bits per heavy atom. The number of hydrogen-bond acceptors (Lipinski definition) is 5. The average Bonchev–Trinajstić information content (AvgIpc) is 2.56. The highest BCUT2D eigenvalue weighted by atomic mass is 16.6. The van der Waals surface area contributed by atoms with Crippen molar-refractivity contribution >= 4 is 11.5 Å². The molecule has 1 saturated carbocycles. The lowest BCUT2D eigenvalue weighted by Crippen LogP contribution is -2.51. The van der Waals surface area contributed by atoms with E-state index in [1.165, 1.54) is 37.9 Å². The summed E-state index contributed by atoms with van der Waals surface area (Å²) in [4.78, 5) is 19.4. The predicted molar refractivity (Wildman–Crippen MR) is 86.1 cm³/mol. The van der Waals surface area contributed by atoms with Crippen LogP contribution >= 0.6 is 0 Å². The molecule has 0 aromatic carbocycles. The van der Waals surface area contributed by atoms with E-state index in [0.29, 0.717) is 0 Å². The Morgan fingerprint density at radius 1 is 1.14 bits per heavy atom. The first-order valence-electron chi connectivity index (χ1n) is 8.23. The topological polar surface area (TPSA) is 62.5 Å². The third-order valence-electron chi connectivity index (χ3n) is 5.08. The lowest BCUT2D eigenvalue weighted by Gasteiger charge is -2.42. The molecule has 0 bridgehead atoms. The van der Waals surface area contributed by atoms with Crippen molar-refractivity contribution in [3.8, 4) is 0 Å². The van der Waals surface area contributed by atoms with Gasteiger partial charge in [-0.1, -0.05) is 6.92 Å². The zero-order valence-electron chi connectivity index (χ0n) is 13.1. The summed E-state index contributed by atoms with van der Waals surface area (Å²) >= 11 is 0. The minimum Gasteiger partial charge on any atom is -0.354 e. The fraction of sp³-hybridized carbons (Fsp3) is 0.688. The van der Waals surface area contributed by atoms with Gasteiger partial charge in [0.05, 0.1) is 4.92 Å². The molecule has 0 radical (unpaired) electrons. The number of anilines is 1. The van der Waals surface area contributed by atoms with E-state index in [2.05, 4.69) is 21.7 Å². The number of nitrogens with zero attached hydrogens (tertiary/aromatic N) is 4. The van der Waals surface area contributed by atoms with E-state index < -0.39 is 4.92 Å². The van der Waals surface area contributed by atoms with E-state index in [1.807, 2.05) is 0 Å². The molecule has 0 unspecified atom stereocenters. The number of nitro groups is 1. The molecule has 1 aromatic rings. The first kappa shape index (κ1) is 15.2. The molecule has 22 heavy (non-hydrogen) atoms. The molecule has 1 aromatic heterocycles. The van der Waals surface area contributed by atoms with Gasteiger partial charge in [-0.15, -0.1) is 0 Å². The summed E-state index contributed by atoms with van der Waals surface area (Å²) in [5, 5.41) is 10.7. The Morgan fingerprint density at radius 2 is 1.82 bits per heavy atom. The highest BCUT2D eigenvalue weighted by Crippen LogP contribution is 2.28. The molecular formula is C16H24N4O2. The van der Waals surface area contributed by atoms with Gasteiger partial charge in [0.1, 0.15) is 12.0 Å². The molecule has 120 valence electrons. The third-order valence-corrected chi connectivity index (χ3v) is 5.08. The van der Waals surface area contributed by atoms with E-state index in [-0.39, 0.29) is 5.69 Å². The summed E-state index contributed by atoms with van der Waals surface area (Å²) in [5.41, 5.74) is 0.0544. The molecule has 0 atom stereocenters. The van der Waals surface area contributed by atoms with Crippen LogP contribution in [-0.4, -0.2) is 47.0 Å². The molecule has 0 spiro atoms. The van der Waals surface area contributed by atoms with Crippen LogP contribution in [0.2, 0.25) is 0 Å². The molecule has 2 fully saturated rings. The fourth-order valence-corrected chi connectivity index (χ4v) is 3.60. The Labute approximate surface area is 131 Å². The lowest BCUT2D eigenvalue weighted by atomic mass is 9.86. The van der Waals surface area contributed by atoms with E-state index in [9.17, 15) is 10.1 Å². The molecule has 1 saturated heterocycles. The SMILES string of the molecule is CC1CCC(N2CCN(c3ccc([N+](=O)[O-])cn3)CC2)CC1. The second-order valence-electron chi connectivity index (χ2n) is 6.57. The van der Waals surface area contributed by atoms with Gasteiger partial charge in [0.2, 0.25) is 0 Å². The molecule has 1 aliphatic heterocycles. The number of rotatable bonds is 3. The van der Waals surface area contributed by atoms with E-state index in [1.54, 1.807) is 6.07 Å². The van der Waals surface area contributed by atoms with Crippen molar-refractivity contribution in [3.63, 3.8) is 0 Å². The molecule has 2 heterocycles.